The zero-order valence-corrected chi connectivity index (χ0v) is 14.8. The second-order valence-corrected chi connectivity index (χ2v) is 7.32. The number of nitrogens with zero attached hydrogens (tertiary/aromatic N) is 3. The zero-order valence-electron chi connectivity index (χ0n) is 13.1. The molecule has 0 aliphatic carbocycles. The van der Waals surface area contributed by atoms with Crippen LogP contribution < -0.4 is 5.32 Å². The van der Waals surface area contributed by atoms with Crippen LogP contribution in [0.15, 0.2) is 44.7 Å². The molecule has 126 valence electrons. The van der Waals surface area contributed by atoms with E-state index in [9.17, 15) is 4.79 Å². The van der Waals surface area contributed by atoms with E-state index in [0.717, 1.165) is 21.0 Å². The van der Waals surface area contributed by atoms with Crippen molar-refractivity contribution in [3.05, 3.63) is 53.0 Å². The Morgan fingerprint density at radius 2 is 2.28 bits per heavy atom. The third kappa shape index (κ3) is 3.28. The Hall–Kier alpha value is -2.65. The number of thioether (sulfide) groups is 1. The number of H-pyrrole nitrogens is 1. The number of aryl methyl sites for hydroxylation is 1. The number of rotatable bonds is 5. The molecule has 3 aromatic heterocycles. The Balaban J connectivity index is 1.66. The third-order valence-corrected chi connectivity index (χ3v) is 5.65. The maximum atomic E-state index is 12.6. The van der Waals surface area contributed by atoms with E-state index >= 15 is 0 Å². The summed E-state index contributed by atoms with van der Waals surface area (Å²) < 4.78 is 6.76. The first-order chi connectivity index (χ1) is 12.2. The van der Waals surface area contributed by atoms with Crippen LogP contribution in [-0.2, 0) is 5.75 Å². The first kappa shape index (κ1) is 15.9. The molecule has 0 spiro atoms. The molecule has 3 heterocycles. The molecule has 0 saturated carbocycles. The van der Waals surface area contributed by atoms with E-state index in [2.05, 4.69) is 25.5 Å². The van der Waals surface area contributed by atoms with Crippen molar-refractivity contribution in [3.8, 4) is 0 Å². The fourth-order valence-corrected chi connectivity index (χ4v) is 4.27. The van der Waals surface area contributed by atoms with E-state index in [1.54, 1.807) is 23.1 Å². The molecule has 2 N–H and O–H groups in total. The Bertz CT molecular complexity index is 1020. The highest BCUT2D eigenvalue weighted by Gasteiger charge is 2.21. The topological polar surface area (TPSA) is 96.7 Å². The Morgan fingerprint density at radius 1 is 1.40 bits per heavy atom. The van der Waals surface area contributed by atoms with Crippen LogP contribution in [0.3, 0.4) is 0 Å². The minimum atomic E-state index is -0.362. The van der Waals surface area contributed by atoms with E-state index in [-0.39, 0.29) is 17.6 Å². The summed E-state index contributed by atoms with van der Waals surface area (Å²) in [6.07, 6.45) is 1.33. The van der Waals surface area contributed by atoms with Crippen molar-refractivity contribution in [1.82, 2.24) is 20.2 Å². The van der Waals surface area contributed by atoms with Gasteiger partial charge in [-0.25, -0.2) is 10.1 Å². The number of nitrogens with one attached hydrogen (secondary N) is 2. The molecule has 0 bridgehead atoms. The number of fused-ring (bicyclic) bond motifs is 1. The molecule has 0 unspecified atom stereocenters. The standard InChI is InChI=1S/C16H13N5O2S2/c1-9-6-24-16(19-9)25-7-11-10-4-2-3-5-12(10)23-13(11)14(22)20-15-17-8-18-21-15/h2-6,8H,7H2,1H3,(H2,17,18,20,21,22). The molecule has 0 radical (unpaired) electrons. The van der Waals surface area contributed by atoms with Crippen LogP contribution in [0.1, 0.15) is 21.8 Å². The van der Waals surface area contributed by atoms with Crippen molar-refractivity contribution in [2.45, 2.75) is 17.0 Å². The van der Waals surface area contributed by atoms with Crippen molar-refractivity contribution in [2.24, 2.45) is 0 Å². The van der Waals surface area contributed by atoms with Gasteiger partial charge in [-0.2, -0.15) is 10.1 Å². The molecule has 4 rings (SSSR count). The summed E-state index contributed by atoms with van der Waals surface area (Å²) in [6, 6.07) is 7.61. The van der Waals surface area contributed by atoms with Gasteiger partial charge in [0.25, 0.3) is 5.91 Å². The summed E-state index contributed by atoms with van der Waals surface area (Å²) in [4.78, 5) is 21.0. The molecule has 9 heteroatoms. The molecule has 7 nitrogen and oxygen atoms in total. The first-order valence-corrected chi connectivity index (χ1v) is 9.29. The van der Waals surface area contributed by atoms with Crippen LogP contribution in [0.25, 0.3) is 11.0 Å². The number of benzene rings is 1. The normalized spacial score (nSPS) is 11.1. The van der Waals surface area contributed by atoms with Crippen molar-refractivity contribution in [3.63, 3.8) is 0 Å². The number of aromatic nitrogens is 4. The number of hydrogen-bond donors (Lipinski definition) is 2. The van der Waals surface area contributed by atoms with E-state index in [1.807, 2.05) is 36.6 Å². The predicted molar refractivity (Wildman–Crippen MR) is 97.0 cm³/mol. The quantitative estimate of drug-likeness (QED) is 0.517. The average molecular weight is 371 g/mol. The molecule has 0 aliphatic rings. The summed E-state index contributed by atoms with van der Waals surface area (Å²) >= 11 is 3.18. The summed E-state index contributed by atoms with van der Waals surface area (Å²) in [5, 5.41) is 11.9. The summed E-state index contributed by atoms with van der Waals surface area (Å²) in [6.45, 7) is 1.96. The molecule has 0 saturated heterocycles. The number of amides is 1. The highest BCUT2D eigenvalue weighted by molar-refractivity contribution is 8.00. The third-order valence-electron chi connectivity index (χ3n) is 3.49. The minimum Gasteiger partial charge on any atom is -0.451 e. The lowest BCUT2D eigenvalue weighted by Crippen LogP contribution is -2.13. The van der Waals surface area contributed by atoms with Gasteiger partial charge in [0, 0.05) is 27.8 Å². The van der Waals surface area contributed by atoms with Gasteiger partial charge in [0.2, 0.25) is 5.95 Å². The number of furan rings is 1. The number of thiazole rings is 1. The molecule has 1 amide bonds. The lowest BCUT2D eigenvalue weighted by Gasteiger charge is -2.02. The largest absolute Gasteiger partial charge is 0.451 e. The second-order valence-electron chi connectivity index (χ2n) is 5.24. The number of carbonyl (C=O) groups excluding carboxylic acids is 1. The van der Waals surface area contributed by atoms with Crippen LogP contribution in [0.2, 0.25) is 0 Å². The lowest BCUT2D eigenvalue weighted by atomic mass is 10.1. The fraction of sp³-hybridized carbons (Fsp3) is 0.125. The maximum Gasteiger partial charge on any atom is 0.294 e. The van der Waals surface area contributed by atoms with Crippen molar-refractivity contribution in [1.29, 1.82) is 0 Å². The Labute approximate surface area is 150 Å². The van der Waals surface area contributed by atoms with Gasteiger partial charge in [0.1, 0.15) is 16.2 Å². The van der Waals surface area contributed by atoms with Gasteiger partial charge in [-0.15, -0.1) is 11.3 Å². The molecular weight excluding hydrogens is 358 g/mol. The summed E-state index contributed by atoms with van der Waals surface area (Å²) in [5.74, 6) is 0.778. The Kier molecular flexibility index (Phi) is 4.24. The van der Waals surface area contributed by atoms with E-state index in [4.69, 9.17) is 4.42 Å². The highest BCUT2D eigenvalue weighted by Crippen LogP contribution is 2.33. The van der Waals surface area contributed by atoms with Crippen LogP contribution in [0, 0.1) is 6.92 Å². The van der Waals surface area contributed by atoms with Crippen LogP contribution >= 0.6 is 23.1 Å². The van der Waals surface area contributed by atoms with Gasteiger partial charge in [0.05, 0.1) is 0 Å². The van der Waals surface area contributed by atoms with Crippen molar-refractivity contribution >= 4 is 45.9 Å². The number of anilines is 1. The van der Waals surface area contributed by atoms with Gasteiger partial charge in [0.15, 0.2) is 5.76 Å². The van der Waals surface area contributed by atoms with E-state index < -0.39 is 0 Å². The van der Waals surface area contributed by atoms with Gasteiger partial charge >= 0.3 is 0 Å². The molecule has 1 aromatic carbocycles. The minimum absolute atomic E-state index is 0.276. The Morgan fingerprint density at radius 3 is 3.04 bits per heavy atom. The van der Waals surface area contributed by atoms with Crippen molar-refractivity contribution in [2.75, 3.05) is 5.32 Å². The molecular formula is C16H13N5O2S2. The summed E-state index contributed by atoms with van der Waals surface area (Å²) in [7, 11) is 0. The number of aromatic amines is 1. The first-order valence-electron chi connectivity index (χ1n) is 7.43. The molecule has 0 atom stereocenters. The molecule has 25 heavy (non-hydrogen) atoms. The smallest absolute Gasteiger partial charge is 0.294 e. The molecule has 4 aromatic rings. The molecule has 0 fully saturated rings. The zero-order chi connectivity index (χ0) is 17.2. The van der Waals surface area contributed by atoms with Crippen LogP contribution in [-0.4, -0.2) is 26.1 Å². The van der Waals surface area contributed by atoms with Gasteiger partial charge in [-0.05, 0) is 13.0 Å². The maximum absolute atomic E-state index is 12.6. The summed E-state index contributed by atoms with van der Waals surface area (Å²) in [5.41, 5.74) is 2.51. The van der Waals surface area contributed by atoms with Gasteiger partial charge < -0.3 is 4.42 Å². The molecule has 0 aliphatic heterocycles. The van der Waals surface area contributed by atoms with Gasteiger partial charge in [-0.1, -0.05) is 30.0 Å². The second kappa shape index (κ2) is 6.69. The highest BCUT2D eigenvalue weighted by atomic mass is 32.2. The predicted octanol–water partition coefficient (Wildman–Crippen LogP) is 3.86. The van der Waals surface area contributed by atoms with Crippen LogP contribution in [0.5, 0.6) is 0 Å². The SMILES string of the molecule is Cc1csc(SCc2c(C(=O)Nc3ncn[nH]3)oc3ccccc23)n1. The van der Waals surface area contributed by atoms with Crippen LogP contribution in [0.4, 0.5) is 5.95 Å². The number of para-hydroxylation sites is 1. The lowest BCUT2D eigenvalue weighted by molar-refractivity contribution is 0.0997. The monoisotopic (exact) mass is 371 g/mol. The van der Waals surface area contributed by atoms with E-state index in [0.29, 0.717) is 11.3 Å². The van der Waals surface area contributed by atoms with Crippen molar-refractivity contribution < 1.29 is 9.21 Å². The van der Waals surface area contributed by atoms with Gasteiger partial charge in [-0.3, -0.25) is 10.1 Å². The van der Waals surface area contributed by atoms with E-state index in [1.165, 1.54) is 6.33 Å². The fourth-order valence-electron chi connectivity index (χ4n) is 2.39. The average Bonchev–Trinajstić information content (AvgIpc) is 3.33. The number of hydrogen-bond acceptors (Lipinski definition) is 7. The number of carbonyl (C=O) groups is 1.